The number of imide groups is 1. The number of halogens is 4. The van der Waals surface area contributed by atoms with E-state index in [1.807, 2.05) is 21.9 Å². The highest BCUT2D eigenvalue weighted by Crippen LogP contribution is 2.43. The van der Waals surface area contributed by atoms with Crippen LogP contribution >= 0.6 is 11.6 Å². The van der Waals surface area contributed by atoms with E-state index in [2.05, 4.69) is 25.5 Å². The van der Waals surface area contributed by atoms with Crippen molar-refractivity contribution in [2.45, 2.75) is 96.2 Å². The Labute approximate surface area is 400 Å². The number of urea groups is 1. The van der Waals surface area contributed by atoms with Crippen molar-refractivity contribution in [2.24, 2.45) is 11.8 Å². The summed E-state index contributed by atoms with van der Waals surface area (Å²) in [6.07, 6.45) is 4.02. The summed E-state index contributed by atoms with van der Waals surface area (Å²) in [5.74, 6) is 2.22. The molecule has 18 heteroatoms. The number of fused-ring (bicyclic) bond motifs is 1. The average Bonchev–Trinajstić information content (AvgIpc) is 3.32. The Kier molecular flexibility index (Phi) is 15.0. The summed E-state index contributed by atoms with van der Waals surface area (Å²) in [6.45, 7) is 9.28. The number of piperazine rings is 1. The number of aromatic nitrogens is 2. The fourth-order valence-corrected chi connectivity index (χ4v) is 10.6. The zero-order valence-corrected chi connectivity index (χ0v) is 39.7. The monoisotopic (exact) mass is 959 g/mol. The van der Waals surface area contributed by atoms with Crippen LogP contribution in [-0.4, -0.2) is 108 Å². The summed E-state index contributed by atoms with van der Waals surface area (Å²) < 4.78 is 46.7. The molecule has 0 spiro atoms. The second-order valence-electron chi connectivity index (χ2n) is 18.9. The van der Waals surface area contributed by atoms with Crippen LogP contribution in [0.1, 0.15) is 116 Å². The lowest BCUT2D eigenvalue weighted by Crippen LogP contribution is -2.50. The standard InChI is InChI=1S/C50H61ClF3N9O5/c1-30(36-24-37(50(52,53)54)27-38(55)25-36)56-46-40-28-39(44(68-3)29-42(40)57-31(2)58-46)33-7-9-34(10-8-33)47(65)62-22-20-60(21-23-62)16-5-4-6-32-13-17-61(18-14-32)48(66)35-11-12-41(51)43(26-35)63-19-15-45(64)59-49(63)67/h11-12,24-30,32-34H,4-10,13-23,55H2,1-3H3,(H,56,57,58)(H,59,64,67)/t30-,33?,34?/m1/s1. The van der Waals surface area contributed by atoms with Gasteiger partial charge in [0, 0.05) is 80.9 Å². The Morgan fingerprint density at radius 2 is 1.65 bits per heavy atom. The molecule has 14 nitrogen and oxygen atoms in total. The van der Waals surface area contributed by atoms with Gasteiger partial charge in [0.2, 0.25) is 11.8 Å². The first-order chi connectivity index (χ1) is 32.5. The number of aryl methyl sites for hydroxylation is 1. The minimum absolute atomic E-state index is 0.0305. The Morgan fingerprint density at radius 3 is 2.34 bits per heavy atom. The van der Waals surface area contributed by atoms with Gasteiger partial charge in [-0.25, -0.2) is 14.8 Å². The molecule has 5 amide bonds. The van der Waals surface area contributed by atoms with Crippen LogP contribution in [-0.2, 0) is 15.8 Å². The SMILES string of the molecule is COc1cc2nc(C)nc(N[C@H](C)c3cc(N)cc(C(F)(F)F)c3)c2cc1C1CCC(C(=O)N2CCN(CCCCC3CCN(C(=O)c4ccc(Cl)c(N5CCC(=O)NC5=O)c4)CC3)CC2)CC1. The molecule has 1 aromatic heterocycles. The summed E-state index contributed by atoms with van der Waals surface area (Å²) in [7, 11) is 1.63. The maximum atomic E-state index is 13.8. The molecule has 4 aromatic rings. The van der Waals surface area contributed by atoms with E-state index in [4.69, 9.17) is 22.1 Å². The number of carbonyl (C=O) groups is 4. The van der Waals surface area contributed by atoms with Crippen LogP contribution in [0.4, 0.5) is 35.2 Å². The number of ether oxygens (including phenoxy) is 1. The molecule has 3 aromatic carbocycles. The van der Waals surface area contributed by atoms with Crippen LogP contribution in [0.5, 0.6) is 5.75 Å². The van der Waals surface area contributed by atoms with Crippen molar-refractivity contribution in [1.29, 1.82) is 0 Å². The van der Waals surface area contributed by atoms with Gasteiger partial charge in [-0.15, -0.1) is 0 Å². The molecule has 8 rings (SSSR count). The van der Waals surface area contributed by atoms with E-state index >= 15 is 0 Å². The molecule has 4 aliphatic rings. The van der Waals surface area contributed by atoms with E-state index < -0.39 is 23.8 Å². The lowest BCUT2D eigenvalue weighted by molar-refractivity contribution is -0.138. The maximum Gasteiger partial charge on any atom is 0.416 e. The van der Waals surface area contributed by atoms with Gasteiger partial charge in [0.15, 0.2) is 0 Å². The van der Waals surface area contributed by atoms with Crippen LogP contribution in [0.2, 0.25) is 5.02 Å². The molecule has 4 fully saturated rings. The van der Waals surface area contributed by atoms with E-state index in [9.17, 15) is 32.3 Å². The van der Waals surface area contributed by atoms with Gasteiger partial charge in [-0.2, -0.15) is 13.2 Å². The molecule has 4 N–H and O–H groups in total. The van der Waals surface area contributed by atoms with Gasteiger partial charge in [-0.1, -0.05) is 24.4 Å². The molecular weight excluding hydrogens is 899 g/mol. The fraction of sp³-hybridized carbons (Fsp3) is 0.520. The Bertz CT molecular complexity index is 2520. The van der Waals surface area contributed by atoms with Gasteiger partial charge >= 0.3 is 12.2 Å². The summed E-state index contributed by atoms with van der Waals surface area (Å²) >= 11 is 6.40. The molecule has 4 heterocycles. The van der Waals surface area contributed by atoms with Crippen molar-refractivity contribution in [2.75, 3.05) is 75.4 Å². The number of alkyl halides is 3. The number of benzene rings is 3. The highest BCUT2D eigenvalue weighted by molar-refractivity contribution is 6.34. The summed E-state index contributed by atoms with van der Waals surface area (Å²) in [5, 5.41) is 6.72. The normalized spacial score (nSPS) is 20.4. The van der Waals surface area contributed by atoms with Crippen LogP contribution < -0.4 is 26.0 Å². The second-order valence-corrected chi connectivity index (χ2v) is 19.3. The van der Waals surface area contributed by atoms with Gasteiger partial charge in [0.1, 0.15) is 17.4 Å². The zero-order valence-electron chi connectivity index (χ0n) is 39.0. The molecule has 68 heavy (non-hydrogen) atoms. The van der Waals surface area contributed by atoms with Gasteiger partial charge in [-0.05, 0) is 131 Å². The van der Waals surface area contributed by atoms with Crippen LogP contribution in [0.3, 0.4) is 0 Å². The van der Waals surface area contributed by atoms with E-state index in [1.165, 1.54) is 11.0 Å². The number of rotatable bonds is 13. The number of nitrogens with zero attached hydrogens (tertiary/aromatic N) is 6. The molecule has 0 radical (unpaired) electrons. The third-order valence-corrected chi connectivity index (χ3v) is 14.6. The number of nitrogen functional groups attached to an aromatic ring is 1. The maximum absolute atomic E-state index is 13.8. The zero-order chi connectivity index (χ0) is 48.3. The molecule has 3 saturated heterocycles. The fourth-order valence-electron chi connectivity index (χ4n) is 10.4. The van der Waals surface area contributed by atoms with E-state index in [-0.39, 0.29) is 48.2 Å². The second kappa shape index (κ2) is 20.9. The van der Waals surface area contributed by atoms with Gasteiger partial charge in [0.05, 0.1) is 34.9 Å². The predicted octanol–water partition coefficient (Wildman–Crippen LogP) is 8.96. The van der Waals surface area contributed by atoms with Gasteiger partial charge in [-0.3, -0.25) is 29.5 Å². The van der Waals surface area contributed by atoms with Crippen molar-refractivity contribution in [1.82, 2.24) is 30.0 Å². The third-order valence-electron chi connectivity index (χ3n) is 14.3. The number of hydrogen-bond donors (Lipinski definition) is 3. The third kappa shape index (κ3) is 11.3. The average molecular weight is 961 g/mol. The quantitative estimate of drug-likeness (QED) is 0.0870. The molecule has 3 aliphatic heterocycles. The van der Waals surface area contributed by atoms with Gasteiger partial charge < -0.3 is 25.6 Å². The first kappa shape index (κ1) is 48.8. The number of anilines is 3. The number of methoxy groups -OCH3 is 1. The highest BCUT2D eigenvalue weighted by atomic mass is 35.5. The largest absolute Gasteiger partial charge is 0.496 e. The molecule has 0 bridgehead atoms. The van der Waals surface area contributed by atoms with E-state index in [0.717, 1.165) is 114 Å². The summed E-state index contributed by atoms with van der Waals surface area (Å²) in [5.41, 5.74) is 8.05. The van der Waals surface area contributed by atoms with Crippen molar-refractivity contribution in [3.63, 3.8) is 0 Å². The number of hydrogen-bond acceptors (Lipinski definition) is 10. The lowest BCUT2D eigenvalue weighted by atomic mass is 9.77. The molecule has 1 aliphatic carbocycles. The van der Waals surface area contributed by atoms with Crippen LogP contribution in [0.15, 0.2) is 48.5 Å². The van der Waals surface area contributed by atoms with Gasteiger partial charge in [0.25, 0.3) is 5.91 Å². The topological polar surface area (TPSA) is 166 Å². The number of unbranched alkanes of at least 4 members (excludes halogenated alkanes) is 1. The summed E-state index contributed by atoms with van der Waals surface area (Å²) in [6, 6.07) is 11.4. The molecule has 0 unspecified atom stereocenters. The van der Waals surface area contributed by atoms with Crippen molar-refractivity contribution < 1.29 is 37.1 Å². The molecular formula is C50H61ClF3N9O5. The predicted molar refractivity (Wildman–Crippen MR) is 256 cm³/mol. The van der Waals surface area contributed by atoms with Crippen LogP contribution in [0.25, 0.3) is 10.9 Å². The minimum atomic E-state index is -4.53. The molecule has 1 saturated carbocycles. The minimum Gasteiger partial charge on any atom is -0.496 e. The van der Waals surface area contributed by atoms with Crippen molar-refractivity contribution in [3.8, 4) is 5.75 Å². The lowest BCUT2D eigenvalue weighted by Gasteiger charge is -2.38. The molecule has 364 valence electrons. The Hall–Kier alpha value is -5.68. The number of carbonyl (C=O) groups excluding carboxylic acids is 4. The molecule has 1 atom stereocenters. The number of piperidine rings is 1. The van der Waals surface area contributed by atoms with E-state index in [0.29, 0.717) is 63.8 Å². The van der Waals surface area contributed by atoms with Crippen molar-refractivity contribution >= 4 is 63.4 Å². The summed E-state index contributed by atoms with van der Waals surface area (Å²) in [4.78, 5) is 68.4. The Balaban J connectivity index is 0.770. The van der Waals surface area contributed by atoms with E-state index in [1.54, 1.807) is 39.2 Å². The first-order valence-electron chi connectivity index (χ1n) is 23.9. The smallest absolute Gasteiger partial charge is 0.416 e. The van der Waals surface area contributed by atoms with Crippen LogP contribution in [0, 0.1) is 18.8 Å². The Morgan fingerprint density at radius 1 is 0.912 bits per heavy atom. The number of amides is 5. The van der Waals surface area contributed by atoms with Crippen molar-refractivity contribution in [3.05, 3.63) is 81.6 Å². The number of likely N-dealkylation sites (tertiary alicyclic amines) is 1. The number of nitrogens with one attached hydrogen (secondary N) is 2. The number of nitrogens with two attached hydrogens (primary N) is 1. The first-order valence-corrected chi connectivity index (χ1v) is 24.2. The highest BCUT2D eigenvalue weighted by Gasteiger charge is 2.35.